The molecule has 0 saturated carbocycles. The van der Waals surface area contributed by atoms with Gasteiger partial charge in [0.15, 0.2) is 0 Å². The number of hydrogen-bond acceptors (Lipinski definition) is 2. The highest BCUT2D eigenvalue weighted by atomic mass is 19.1. The van der Waals surface area contributed by atoms with Crippen LogP contribution in [0.2, 0.25) is 0 Å². The van der Waals surface area contributed by atoms with Crippen molar-refractivity contribution < 1.29 is 9.13 Å². The van der Waals surface area contributed by atoms with Crippen LogP contribution < -0.4 is 4.74 Å². The van der Waals surface area contributed by atoms with Crippen molar-refractivity contribution in [1.29, 1.82) is 0 Å². The van der Waals surface area contributed by atoms with Crippen LogP contribution in [0.5, 0.6) is 5.75 Å². The van der Waals surface area contributed by atoms with E-state index >= 15 is 0 Å². The van der Waals surface area contributed by atoms with E-state index in [0.717, 1.165) is 44.1 Å². The molecule has 4 aromatic rings. The van der Waals surface area contributed by atoms with E-state index in [1.165, 1.54) is 59.8 Å². The molecule has 6 rings (SSSR count). The first-order chi connectivity index (χ1) is 16.7. The monoisotopic (exact) mass is 454 g/mol. The first kappa shape index (κ1) is 21.4. The normalized spacial score (nSPS) is 17.2. The molecule has 3 aromatic carbocycles. The number of hydrogen-bond donors (Lipinski definition) is 0. The quantitative estimate of drug-likeness (QED) is 0.309. The number of rotatable bonds is 6. The number of likely N-dealkylation sites (tertiary alicyclic amines) is 1. The van der Waals surface area contributed by atoms with Crippen LogP contribution in [-0.4, -0.2) is 35.7 Å². The molecule has 2 aliphatic heterocycles. The summed E-state index contributed by atoms with van der Waals surface area (Å²) in [6.45, 7) is 4.32. The standard InChI is InChI=1S/C30H31FN2O/c31-24-12-14-25(15-13-24)33-21-23(26-8-1-3-10-28(26)33)7-5-6-18-32-19-16-30(17-20-32)22-34-29-11-4-2-9-27(29)30/h1-4,8-15,21H,5-7,16-20,22H2. The molecule has 34 heavy (non-hydrogen) atoms. The van der Waals surface area contributed by atoms with Gasteiger partial charge in [-0.1, -0.05) is 36.4 Å². The molecule has 0 radical (unpaired) electrons. The summed E-state index contributed by atoms with van der Waals surface area (Å²) in [7, 11) is 0. The van der Waals surface area contributed by atoms with E-state index in [1.54, 1.807) is 0 Å². The predicted octanol–water partition coefficient (Wildman–Crippen LogP) is 6.52. The Hall–Kier alpha value is -3.11. The van der Waals surface area contributed by atoms with Crippen LogP contribution in [0.1, 0.15) is 36.8 Å². The Kier molecular flexibility index (Phi) is 5.62. The maximum absolute atomic E-state index is 13.4. The van der Waals surface area contributed by atoms with Crippen LogP contribution in [0.25, 0.3) is 16.6 Å². The van der Waals surface area contributed by atoms with Crippen LogP contribution in [0.3, 0.4) is 0 Å². The molecule has 0 aliphatic carbocycles. The molecule has 2 aliphatic rings. The average Bonchev–Trinajstić information content (AvgIpc) is 3.43. The molecular weight excluding hydrogens is 423 g/mol. The molecule has 1 saturated heterocycles. The second-order valence-corrected chi connectivity index (χ2v) is 9.88. The van der Waals surface area contributed by atoms with Crippen LogP contribution >= 0.6 is 0 Å². The first-order valence-corrected chi connectivity index (χ1v) is 12.5. The maximum Gasteiger partial charge on any atom is 0.123 e. The summed E-state index contributed by atoms with van der Waals surface area (Å²) in [5.74, 6) is 0.893. The lowest BCUT2D eigenvalue weighted by Gasteiger charge is -2.38. The number of halogens is 1. The van der Waals surface area contributed by atoms with Crippen molar-refractivity contribution in [3.8, 4) is 11.4 Å². The maximum atomic E-state index is 13.4. The number of aromatic nitrogens is 1. The molecule has 0 unspecified atom stereocenters. The lowest BCUT2D eigenvalue weighted by atomic mass is 9.74. The van der Waals surface area contributed by atoms with Gasteiger partial charge in [-0.25, -0.2) is 4.39 Å². The van der Waals surface area contributed by atoms with Gasteiger partial charge in [-0.3, -0.25) is 0 Å². The van der Waals surface area contributed by atoms with Gasteiger partial charge in [0, 0.05) is 28.2 Å². The van der Waals surface area contributed by atoms with Gasteiger partial charge in [0.25, 0.3) is 0 Å². The van der Waals surface area contributed by atoms with E-state index in [-0.39, 0.29) is 11.2 Å². The van der Waals surface area contributed by atoms with Crippen LogP contribution in [0.4, 0.5) is 4.39 Å². The zero-order valence-electron chi connectivity index (χ0n) is 19.6. The van der Waals surface area contributed by atoms with E-state index in [0.29, 0.717) is 0 Å². The number of nitrogens with zero attached hydrogens (tertiary/aromatic N) is 2. The summed E-state index contributed by atoms with van der Waals surface area (Å²) in [5, 5.41) is 1.30. The van der Waals surface area contributed by atoms with E-state index in [4.69, 9.17) is 4.74 Å². The average molecular weight is 455 g/mol. The smallest absolute Gasteiger partial charge is 0.123 e. The number of aryl methyl sites for hydroxylation is 1. The Morgan fingerprint density at radius 3 is 2.47 bits per heavy atom. The van der Waals surface area contributed by atoms with Gasteiger partial charge in [0.1, 0.15) is 11.6 Å². The Balaban J connectivity index is 1.06. The van der Waals surface area contributed by atoms with E-state index in [1.807, 2.05) is 12.1 Å². The topological polar surface area (TPSA) is 17.4 Å². The molecule has 1 aromatic heterocycles. The van der Waals surface area contributed by atoms with Gasteiger partial charge in [-0.05, 0) is 93.7 Å². The third-order valence-corrected chi connectivity index (χ3v) is 7.85. The second-order valence-electron chi connectivity index (χ2n) is 9.88. The van der Waals surface area contributed by atoms with Gasteiger partial charge in [-0.15, -0.1) is 0 Å². The van der Waals surface area contributed by atoms with Crippen LogP contribution in [-0.2, 0) is 11.8 Å². The Morgan fingerprint density at radius 1 is 0.853 bits per heavy atom. The lowest BCUT2D eigenvalue weighted by molar-refractivity contribution is 0.134. The van der Waals surface area contributed by atoms with Gasteiger partial charge in [-0.2, -0.15) is 0 Å². The first-order valence-electron chi connectivity index (χ1n) is 12.5. The number of para-hydroxylation sites is 2. The molecule has 1 spiro atoms. The number of unbranched alkanes of at least 4 members (excludes halogenated alkanes) is 1. The summed E-state index contributed by atoms with van der Waals surface area (Å²) in [4.78, 5) is 2.63. The largest absolute Gasteiger partial charge is 0.492 e. The number of benzene rings is 3. The Morgan fingerprint density at radius 2 is 1.62 bits per heavy atom. The fraction of sp³-hybridized carbons (Fsp3) is 0.333. The highest BCUT2D eigenvalue weighted by molar-refractivity contribution is 5.85. The van der Waals surface area contributed by atoms with Gasteiger partial charge in [0.2, 0.25) is 0 Å². The van der Waals surface area contributed by atoms with Gasteiger partial charge >= 0.3 is 0 Å². The number of ether oxygens (including phenoxy) is 1. The molecule has 3 nitrogen and oxygen atoms in total. The molecule has 174 valence electrons. The Bertz CT molecular complexity index is 1280. The van der Waals surface area contributed by atoms with Crippen molar-refractivity contribution in [2.45, 2.75) is 37.5 Å². The third-order valence-electron chi connectivity index (χ3n) is 7.85. The van der Waals surface area contributed by atoms with Gasteiger partial charge < -0.3 is 14.2 Å². The van der Waals surface area contributed by atoms with Crippen LogP contribution in [0, 0.1) is 5.82 Å². The Labute approximate surface area is 200 Å². The predicted molar refractivity (Wildman–Crippen MR) is 135 cm³/mol. The SMILES string of the molecule is Fc1ccc(-n2cc(CCCCN3CCC4(CC3)COc3ccccc34)c3ccccc32)cc1. The molecule has 1 fully saturated rings. The number of fused-ring (bicyclic) bond motifs is 3. The van der Waals surface area contributed by atoms with Crippen molar-refractivity contribution in [1.82, 2.24) is 9.47 Å². The molecular formula is C30H31FN2O. The van der Waals surface area contributed by atoms with Crippen molar-refractivity contribution in [3.05, 3.63) is 95.9 Å². The molecule has 3 heterocycles. The molecule has 0 atom stereocenters. The van der Waals surface area contributed by atoms with Crippen molar-refractivity contribution in [2.75, 3.05) is 26.2 Å². The molecule has 4 heteroatoms. The van der Waals surface area contributed by atoms with E-state index in [9.17, 15) is 4.39 Å². The minimum atomic E-state index is -0.200. The van der Waals surface area contributed by atoms with Gasteiger partial charge in [0.05, 0.1) is 12.1 Å². The number of piperidine rings is 1. The summed E-state index contributed by atoms with van der Waals surface area (Å²) in [5.41, 5.74) is 5.22. The highest BCUT2D eigenvalue weighted by Crippen LogP contribution is 2.45. The van der Waals surface area contributed by atoms with E-state index in [2.05, 4.69) is 64.2 Å². The van der Waals surface area contributed by atoms with Crippen molar-refractivity contribution in [3.63, 3.8) is 0 Å². The third kappa shape index (κ3) is 3.90. The minimum Gasteiger partial charge on any atom is -0.492 e. The second kappa shape index (κ2) is 8.92. The summed E-state index contributed by atoms with van der Waals surface area (Å²) in [6.07, 6.45) is 8.05. The summed E-state index contributed by atoms with van der Waals surface area (Å²) >= 11 is 0. The fourth-order valence-electron chi connectivity index (χ4n) is 5.86. The summed E-state index contributed by atoms with van der Waals surface area (Å²) < 4.78 is 21.6. The van der Waals surface area contributed by atoms with Crippen molar-refractivity contribution >= 4 is 10.9 Å². The minimum absolute atomic E-state index is 0.200. The van der Waals surface area contributed by atoms with Crippen molar-refractivity contribution in [2.24, 2.45) is 0 Å². The van der Waals surface area contributed by atoms with E-state index < -0.39 is 0 Å². The molecule has 0 N–H and O–H groups in total. The highest BCUT2D eigenvalue weighted by Gasteiger charge is 2.42. The lowest BCUT2D eigenvalue weighted by Crippen LogP contribution is -2.43. The summed E-state index contributed by atoms with van der Waals surface area (Å²) in [6, 6.07) is 23.9. The van der Waals surface area contributed by atoms with Crippen LogP contribution in [0.15, 0.2) is 79.0 Å². The zero-order chi connectivity index (χ0) is 23.0. The fourth-order valence-corrected chi connectivity index (χ4v) is 5.86. The molecule has 0 bridgehead atoms. The molecule has 0 amide bonds. The zero-order valence-corrected chi connectivity index (χ0v) is 19.6.